The maximum atomic E-state index is 10.4. The van der Waals surface area contributed by atoms with E-state index in [1.165, 1.54) is 6.42 Å². The number of hydrogen-bond acceptors (Lipinski definition) is 3. The zero-order valence-corrected chi connectivity index (χ0v) is 11.2. The molecule has 1 fully saturated rings. The molecular weight excluding hydrogens is 228 g/mol. The lowest BCUT2D eigenvalue weighted by Crippen LogP contribution is -2.40. The first-order valence-corrected chi connectivity index (χ1v) is 6.66. The van der Waals surface area contributed by atoms with Crippen LogP contribution in [0.4, 0.5) is 0 Å². The minimum atomic E-state index is -0.520. The van der Waals surface area contributed by atoms with Crippen LogP contribution in [0, 0.1) is 0 Å². The molecule has 0 amide bonds. The molecule has 3 nitrogen and oxygen atoms in total. The van der Waals surface area contributed by atoms with E-state index >= 15 is 0 Å². The summed E-state index contributed by atoms with van der Waals surface area (Å²) in [6, 6.07) is 7.69. The topological polar surface area (TPSA) is 38.7 Å². The van der Waals surface area contributed by atoms with E-state index in [1.807, 2.05) is 31.2 Å². The van der Waals surface area contributed by atoms with E-state index in [0.717, 1.165) is 24.2 Å². The Morgan fingerprint density at radius 2 is 2.06 bits per heavy atom. The molecule has 1 saturated carbocycles. The summed E-state index contributed by atoms with van der Waals surface area (Å²) in [6.07, 6.45) is 3.39. The molecule has 1 unspecified atom stereocenters. The summed E-state index contributed by atoms with van der Waals surface area (Å²) in [5.41, 5.74) is 0.737. The largest absolute Gasteiger partial charge is 0.493 e. The van der Waals surface area contributed by atoms with Gasteiger partial charge in [-0.15, -0.1) is 0 Å². The highest BCUT2D eigenvalue weighted by atomic mass is 16.5. The molecule has 0 heterocycles. The van der Waals surface area contributed by atoms with Gasteiger partial charge in [0.25, 0.3) is 0 Å². The lowest BCUT2D eigenvalue weighted by Gasteiger charge is -2.42. The lowest BCUT2D eigenvalue weighted by molar-refractivity contribution is -0.100. The second-order valence-corrected chi connectivity index (χ2v) is 4.93. The van der Waals surface area contributed by atoms with Crippen molar-refractivity contribution in [3.63, 3.8) is 0 Å². The van der Waals surface area contributed by atoms with Crippen LogP contribution in [-0.2, 0) is 4.74 Å². The highest BCUT2D eigenvalue weighted by Crippen LogP contribution is 2.43. The molecule has 1 atom stereocenters. The molecule has 1 aliphatic rings. The van der Waals surface area contributed by atoms with Crippen molar-refractivity contribution in [1.29, 1.82) is 0 Å². The van der Waals surface area contributed by atoms with Gasteiger partial charge in [0, 0.05) is 19.1 Å². The van der Waals surface area contributed by atoms with Crippen LogP contribution >= 0.6 is 0 Å². The Morgan fingerprint density at radius 1 is 1.33 bits per heavy atom. The Labute approximate surface area is 109 Å². The van der Waals surface area contributed by atoms with Crippen molar-refractivity contribution in [2.75, 3.05) is 13.7 Å². The second kappa shape index (κ2) is 5.72. The predicted molar refractivity (Wildman–Crippen MR) is 70.8 cm³/mol. The van der Waals surface area contributed by atoms with E-state index in [9.17, 15) is 5.11 Å². The van der Waals surface area contributed by atoms with Gasteiger partial charge < -0.3 is 14.6 Å². The number of aliphatic hydroxyl groups excluding tert-OH is 1. The third-order valence-corrected chi connectivity index (χ3v) is 3.84. The molecule has 0 saturated heterocycles. The SMILES string of the molecule is CCOc1ccccc1C(O)CC1(OC)CCC1. The van der Waals surface area contributed by atoms with Gasteiger partial charge in [-0.05, 0) is 32.3 Å². The van der Waals surface area contributed by atoms with Gasteiger partial charge in [-0.25, -0.2) is 0 Å². The Kier molecular flexibility index (Phi) is 4.25. The average molecular weight is 250 g/mol. The number of aliphatic hydroxyl groups is 1. The Hall–Kier alpha value is -1.06. The molecule has 1 aliphatic carbocycles. The predicted octanol–water partition coefficient (Wildman–Crippen LogP) is 3.08. The first kappa shape index (κ1) is 13.4. The minimum Gasteiger partial charge on any atom is -0.493 e. The molecule has 0 aromatic heterocycles. The zero-order chi connectivity index (χ0) is 13.0. The summed E-state index contributed by atoms with van der Waals surface area (Å²) in [4.78, 5) is 0. The molecule has 2 rings (SSSR count). The fourth-order valence-electron chi connectivity index (χ4n) is 2.57. The fraction of sp³-hybridized carbons (Fsp3) is 0.600. The van der Waals surface area contributed by atoms with Crippen LogP contribution in [0.5, 0.6) is 5.75 Å². The minimum absolute atomic E-state index is 0.126. The van der Waals surface area contributed by atoms with Gasteiger partial charge in [-0.1, -0.05) is 18.2 Å². The van der Waals surface area contributed by atoms with Crippen molar-refractivity contribution < 1.29 is 14.6 Å². The van der Waals surface area contributed by atoms with E-state index in [4.69, 9.17) is 9.47 Å². The zero-order valence-electron chi connectivity index (χ0n) is 11.2. The van der Waals surface area contributed by atoms with E-state index < -0.39 is 6.10 Å². The monoisotopic (exact) mass is 250 g/mol. The highest BCUT2D eigenvalue weighted by Gasteiger charge is 2.39. The molecule has 3 heteroatoms. The summed E-state index contributed by atoms with van der Waals surface area (Å²) in [6.45, 7) is 2.56. The fourth-order valence-corrected chi connectivity index (χ4v) is 2.57. The smallest absolute Gasteiger partial charge is 0.125 e. The van der Waals surface area contributed by atoms with Gasteiger partial charge in [0.05, 0.1) is 18.3 Å². The van der Waals surface area contributed by atoms with Crippen LogP contribution < -0.4 is 4.74 Å². The first-order chi connectivity index (χ1) is 8.71. The Balaban J connectivity index is 2.10. The van der Waals surface area contributed by atoms with Crippen LogP contribution in [-0.4, -0.2) is 24.4 Å². The van der Waals surface area contributed by atoms with Gasteiger partial charge in [0.2, 0.25) is 0 Å². The number of benzene rings is 1. The van der Waals surface area contributed by atoms with Crippen molar-refractivity contribution in [2.24, 2.45) is 0 Å². The van der Waals surface area contributed by atoms with Crippen molar-refractivity contribution >= 4 is 0 Å². The number of para-hydroxylation sites is 1. The lowest BCUT2D eigenvalue weighted by atomic mass is 9.75. The van der Waals surface area contributed by atoms with Gasteiger partial charge in [0.1, 0.15) is 5.75 Å². The average Bonchev–Trinajstić information content (AvgIpc) is 2.35. The molecule has 1 aromatic rings. The number of rotatable bonds is 6. The number of hydrogen-bond donors (Lipinski definition) is 1. The number of ether oxygens (including phenoxy) is 2. The van der Waals surface area contributed by atoms with Crippen LogP contribution in [0.25, 0.3) is 0 Å². The summed E-state index contributed by atoms with van der Waals surface area (Å²) in [7, 11) is 1.74. The highest BCUT2D eigenvalue weighted by molar-refractivity contribution is 5.35. The molecule has 18 heavy (non-hydrogen) atoms. The molecule has 1 N–H and O–H groups in total. The molecule has 0 bridgehead atoms. The third kappa shape index (κ3) is 2.68. The van der Waals surface area contributed by atoms with Gasteiger partial charge >= 0.3 is 0 Å². The number of methoxy groups -OCH3 is 1. The normalized spacial score (nSPS) is 19.1. The molecule has 100 valence electrons. The van der Waals surface area contributed by atoms with E-state index in [2.05, 4.69) is 0 Å². The molecule has 1 aromatic carbocycles. The van der Waals surface area contributed by atoms with E-state index in [1.54, 1.807) is 7.11 Å². The van der Waals surface area contributed by atoms with E-state index in [-0.39, 0.29) is 5.60 Å². The van der Waals surface area contributed by atoms with Gasteiger partial charge in [0.15, 0.2) is 0 Å². The third-order valence-electron chi connectivity index (χ3n) is 3.84. The van der Waals surface area contributed by atoms with Crippen LogP contribution in [0.2, 0.25) is 0 Å². The maximum absolute atomic E-state index is 10.4. The summed E-state index contributed by atoms with van der Waals surface area (Å²) < 4.78 is 11.1. The maximum Gasteiger partial charge on any atom is 0.125 e. The van der Waals surface area contributed by atoms with E-state index in [0.29, 0.717) is 13.0 Å². The Bertz CT molecular complexity index is 380. The van der Waals surface area contributed by atoms with Crippen molar-refractivity contribution in [1.82, 2.24) is 0 Å². The molecular formula is C15H22O3. The van der Waals surface area contributed by atoms with Crippen molar-refractivity contribution in [3.05, 3.63) is 29.8 Å². The molecule has 0 aliphatic heterocycles. The van der Waals surface area contributed by atoms with Crippen molar-refractivity contribution in [3.8, 4) is 5.75 Å². The molecule has 0 spiro atoms. The van der Waals surface area contributed by atoms with Gasteiger partial charge in [-0.3, -0.25) is 0 Å². The standard InChI is InChI=1S/C15H22O3/c1-3-18-14-8-5-4-7-12(14)13(16)11-15(17-2)9-6-10-15/h4-5,7-8,13,16H,3,6,9-11H2,1-2H3. The first-order valence-electron chi connectivity index (χ1n) is 6.66. The summed E-state index contributed by atoms with van der Waals surface area (Å²) in [5, 5.41) is 10.4. The summed E-state index contributed by atoms with van der Waals surface area (Å²) in [5.74, 6) is 0.776. The quantitative estimate of drug-likeness (QED) is 0.843. The summed E-state index contributed by atoms with van der Waals surface area (Å²) >= 11 is 0. The van der Waals surface area contributed by atoms with Crippen LogP contribution in [0.15, 0.2) is 24.3 Å². The van der Waals surface area contributed by atoms with Crippen LogP contribution in [0.3, 0.4) is 0 Å². The molecule has 0 radical (unpaired) electrons. The van der Waals surface area contributed by atoms with Crippen molar-refractivity contribution in [2.45, 2.75) is 44.3 Å². The second-order valence-electron chi connectivity index (χ2n) is 4.93. The van der Waals surface area contributed by atoms with Crippen LogP contribution in [0.1, 0.15) is 44.3 Å². The Morgan fingerprint density at radius 3 is 2.61 bits per heavy atom. The van der Waals surface area contributed by atoms with Gasteiger partial charge in [-0.2, -0.15) is 0 Å².